The van der Waals surface area contributed by atoms with E-state index in [2.05, 4.69) is 47.6 Å². The summed E-state index contributed by atoms with van der Waals surface area (Å²) >= 11 is 0. The smallest absolute Gasteiger partial charge is 0.315 e. The molecular weight excluding hydrogens is 605 g/mol. The molecule has 12 nitrogen and oxygen atoms in total. The van der Waals surface area contributed by atoms with Gasteiger partial charge in [-0.05, 0) is 42.7 Å². The van der Waals surface area contributed by atoms with Gasteiger partial charge in [-0.15, -0.1) is 0 Å². The molecule has 3 heterocycles. The number of rotatable bonds is 6. The number of carbonyl (C=O) groups excluding carboxylic acids is 3. The van der Waals surface area contributed by atoms with Gasteiger partial charge in [0.15, 0.2) is 11.5 Å². The highest BCUT2D eigenvalue weighted by atomic mass is 19.1. The van der Waals surface area contributed by atoms with Gasteiger partial charge in [0.1, 0.15) is 18.4 Å². The van der Waals surface area contributed by atoms with Crippen LogP contribution in [0, 0.1) is 17.7 Å². The summed E-state index contributed by atoms with van der Waals surface area (Å²) in [6.07, 6.45) is 1.59. The number of hydrogen-bond donors (Lipinski definition) is 4. The minimum absolute atomic E-state index is 0.0664. The van der Waals surface area contributed by atoms with Crippen molar-refractivity contribution in [3.8, 4) is 34.4 Å². The average Bonchev–Trinajstić information content (AvgIpc) is 3.76. The van der Waals surface area contributed by atoms with Crippen LogP contribution in [0.5, 0.6) is 0 Å². The molecule has 0 fully saturated rings. The first kappa shape index (κ1) is 37.4. The van der Waals surface area contributed by atoms with Crippen molar-refractivity contribution >= 4 is 35.5 Å². The van der Waals surface area contributed by atoms with Gasteiger partial charge in [0, 0.05) is 42.0 Å². The highest BCUT2D eigenvalue weighted by Gasteiger charge is 2.24. The summed E-state index contributed by atoms with van der Waals surface area (Å²) in [5, 5.41) is 16.2. The Balaban J connectivity index is 0.00000121. The lowest BCUT2D eigenvalue weighted by molar-refractivity contribution is -0.111. The van der Waals surface area contributed by atoms with Gasteiger partial charge in [0.05, 0.1) is 11.2 Å². The van der Waals surface area contributed by atoms with E-state index >= 15 is 4.39 Å². The lowest BCUT2D eigenvalue weighted by Crippen LogP contribution is -2.24. The van der Waals surface area contributed by atoms with Gasteiger partial charge in [-0.25, -0.2) is 14.4 Å². The van der Waals surface area contributed by atoms with Crippen LogP contribution in [0.4, 0.5) is 10.1 Å². The molecule has 2 aromatic carbocycles. The van der Waals surface area contributed by atoms with Crippen molar-refractivity contribution in [1.29, 1.82) is 0 Å². The summed E-state index contributed by atoms with van der Waals surface area (Å²) in [6.45, 7) is 13.2. The number of hydrogen-bond acceptors (Lipinski definition) is 9. The fraction of sp³-hybridized carbons (Fsp3) is 0.265. The van der Waals surface area contributed by atoms with Gasteiger partial charge in [0.25, 0.3) is 5.91 Å². The predicted octanol–water partition coefficient (Wildman–Crippen LogP) is 5.45. The van der Waals surface area contributed by atoms with E-state index in [1.165, 1.54) is 6.07 Å². The molecule has 5 rings (SSSR count). The molecule has 0 aliphatic rings. The van der Waals surface area contributed by atoms with E-state index < -0.39 is 17.6 Å². The number of aliphatic hydroxyl groups excluding tert-OH is 1. The number of H-pyrrole nitrogens is 1. The highest BCUT2D eigenvalue weighted by Crippen LogP contribution is 2.32. The molecule has 0 unspecified atom stereocenters. The Morgan fingerprint density at radius 1 is 1.04 bits per heavy atom. The monoisotopic (exact) mass is 643 g/mol. The van der Waals surface area contributed by atoms with E-state index in [1.807, 2.05) is 53.5 Å². The number of amides is 2. The molecule has 0 aliphatic carbocycles. The standard InChI is InChI=1S/C30H26FN7O3.C2H6.CH4O.CH2O/c1-5-8-23(39)34-22-10-7-6-9-20(22)25-35-24-19(13-14-32-26(24)36-25)17-11-12-18(21(31)15-17)16-33-27(40)28-37-29(38-41-28)30(2,3)4;3*1-2/h6-7,9-15H,16H2,1-4H3,(H,33,40)(H,34,39)(H,32,35,36);1-2H3;2H,1H3;1H2. The number of nitrogens with zero attached hydrogens (tertiary/aromatic N) is 4. The number of benzene rings is 2. The molecule has 3 aromatic heterocycles. The maximum Gasteiger partial charge on any atom is 0.315 e. The number of carbonyl (C=O) groups is 3. The number of pyridine rings is 1. The van der Waals surface area contributed by atoms with Gasteiger partial charge in [-0.1, -0.05) is 70.0 Å². The summed E-state index contributed by atoms with van der Waals surface area (Å²) in [6, 6.07) is 13.7. The zero-order valence-electron chi connectivity index (χ0n) is 27.4. The number of fused-ring (bicyclic) bond motifs is 1. The van der Waals surface area contributed by atoms with E-state index in [-0.39, 0.29) is 23.4 Å². The molecule has 0 radical (unpaired) electrons. The number of anilines is 1. The maximum atomic E-state index is 15.2. The van der Waals surface area contributed by atoms with Crippen LogP contribution < -0.4 is 10.6 Å². The Kier molecular flexibility index (Phi) is 14.1. The summed E-state index contributed by atoms with van der Waals surface area (Å²) in [4.78, 5) is 48.9. The molecule has 0 spiro atoms. The number of imidazole rings is 1. The summed E-state index contributed by atoms with van der Waals surface area (Å²) in [7, 11) is 1.00. The SMILES string of the molecule is C=O.CC.CC#CC(=O)Nc1ccccc1-c1nc2nccc(-c3ccc(CNC(=O)c4nc(C(C)(C)C)no4)c(F)c3)c2[nH]1.CO. The Morgan fingerprint density at radius 2 is 1.74 bits per heavy atom. The highest BCUT2D eigenvalue weighted by molar-refractivity contribution is 6.06. The molecule has 0 bridgehead atoms. The largest absolute Gasteiger partial charge is 0.400 e. The van der Waals surface area contributed by atoms with Crippen molar-refractivity contribution in [2.75, 3.05) is 12.4 Å². The average molecular weight is 644 g/mol. The van der Waals surface area contributed by atoms with E-state index in [9.17, 15) is 9.59 Å². The van der Waals surface area contributed by atoms with Gasteiger partial charge in [-0.2, -0.15) is 4.98 Å². The molecule has 47 heavy (non-hydrogen) atoms. The minimum Gasteiger partial charge on any atom is -0.400 e. The van der Waals surface area contributed by atoms with E-state index in [0.29, 0.717) is 45.2 Å². The van der Waals surface area contributed by atoms with E-state index in [0.717, 1.165) is 7.11 Å². The molecule has 0 atom stereocenters. The Bertz CT molecular complexity index is 1870. The lowest BCUT2D eigenvalue weighted by atomic mass is 9.96. The third-order valence-corrected chi connectivity index (χ3v) is 6.16. The van der Waals surface area contributed by atoms with Gasteiger partial charge in [0.2, 0.25) is 0 Å². The molecular formula is C34H38FN7O5. The Morgan fingerprint density at radius 3 is 2.38 bits per heavy atom. The fourth-order valence-corrected chi connectivity index (χ4v) is 4.07. The van der Waals surface area contributed by atoms with E-state index in [4.69, 9.17) is 14.4 Å². The summed E-state index contributed by atoms with van der Waals surface area (Å²) < 4.78 is 20.2. The van der Waals surface area contributed by atoms with Crippen molar-refractivity contribution in [2.24, 2.45) is 0 Å². The predicted molar refractivity (Wildman–Crippen MR) is 178 cm³/mol. The molecule has 246 valence electrons. The second kappa shape index (κ2) is 17.7. The van der Waals surface area contributed by atoms with Crippen LogP contribution >= 0.6 is 0 Å². The van der Waals surface area contributed by atoms with Gasteiger partial charge >= 0.3 is 11.8 Å². The maximum absolute atomic E-state index is 15.2. The molecule has 13 heteroatoms. The number of nitrogens with one attached hydrogen (secondary N) is 3. The second-order valence-electron chi connectivity index (χ2n) is 10.2. The molecule has 2 amide bonds. The van der Waals surface area contributed by atoms with Crippen LogP contribution in [0.25, 0.3) is 33.7 Å². The van der Waals surface area contributed by atoms with Crippen LogP contribution in [0.3, 0.4) is 0 Å². The van der Waals surface area contributed by atoms with E-state index in [1.54, 1.807) is 43.5 Å². The van der Waals surface area contributed by atoms with Gasteiger partial charge in [-0.3, -0.25) is 9.59 Å². The zero-order valence-corrected chi connectivity index (χ0v) is 27.4. The van der Waals surface area contributed by atoms with Crippen molar-refractivity contribution in [3.05, 3.63) is 77.8 Å². The molecule has 0 saturated heterocycles. The van der Waals surface area contributed by atoms with Crippen molar-refractivity contribution < 1.29 is 28.4 Å². The van der Waals surface area contributed by atoms with Crippen LogP contribution in [-0.2, 0) is 21.5 Å². The topological polar surface area (TPSA) is 176 Å². The summed E-state index contributed by atoms with van der Waals surface area (Å²) in [5.74, 6) is 4.21. The summed E-state index contributed by atoms with van der Waals surface area (Å²) in [5.41, 5.74) is 3.40. The van der Waals surface area contributed by atoms with Crippen LogP contribution in [0.2, 0.25) is 0 Å². The van der Waals surface area contributed by atoms with Crippen molar-refractivity contribution in [1.82, 2.24) is 30.4 Å². The number of aromatic nitrogens is 5. The van der Waals surface area contributed by atoms with Crippen molar-refractivity contribution in [2.45, 2.75) is 53.5 Å². The Hall–Kier alpha value is -5.74. The van der Waals surface area contributed by atoms with Crippen LogP contribution in [0.15, 0.2) is 59.3 Å². The molecule has 4 N–H and O–H groups in total. The van der Waals surface area contributed by atoms with Gasteiger partial charge < -0.3 is 30.0 Å². The first-order chi connectivity index (χ1) is 22.6. The lowest BCUT2D eigenvalue weighted by Gasteiger charge is -2.10. The Labute approximate surface area is 272 Å². The zero-order chi connectivity index (χ0) is 35.1. The molecule has 5 aromatic rings. The van der Waals surface area contributed by atoms with Crippen LogP contribution in [-0.4, -0.2) is 55.9 Å². The third-order valence-electron chi connectivity index (χ3n) is 6.16. The quantitative estimate of drug-likeness (QED) is 0.175. The van der Waals surface area contributed by atoms with Crippen LogP contribution in [0.1, 0.15) is 63.6 Å². The number of halogens is 1. The first-order valence-electron chi connectivity index (χ1n) is 14.5. The number of aromatic amines is 1. The first-order valence-corrected chi connectivity index (χ1v) is 14.5. The number of aliphatic hydroxyl groups is 1. The minimum atomic E-state index is -0.587. The molecule has 0 aliphatic heterocycles. The number of para-hydroxylation sites is 1. The fourth-order valence-electron chi connectivity index (χ4n) is 4.07. The normalized spacial score (nSPS) is 10.1. The molecule has 0 saturated carbocycles. The second-order valence-corrected chi connectivity index (χ2v) is 10.2. The third kappa shape index (κ3) is 9.38. The van der Waals surface area contributed by atoms with Crippen molar-refractivity contribution in [3.63, 3.8) is 0 Å².